The normalized spacial score (nSPS) is 10.6. The standard InChI is InChI=1S/C11H15BrClN/c1-7-9(4-3-5-14)8(2)11(13)6-10(7)12/h6H,3-5,14H2,1-2H3. The predicted molar refractivity (Wildman–Crippen MR) is 66.0 cm³/mol. The Kier molecular flexibility index (Phi) is 4.42. The van der Waals surface area contributed by atoms with Crippen LogP contribution in [0.5, 0.6) is 0 Å². The summed E-state index contributed by atoms with van der Waals surface area (Å²) in [4.78, 5) is 0. The van der Waals surface area contributed by atoms with Gasteiger partial charge in [0.1, 0.15) is 0 Å². The van der Waals surface area contributed by atoms with Gasteiger partial charge in [0.15, 0.2) is 0 Å². The SMILES string of the molecule is Cc1c(Cl)cc(Br)c(C)c1CCCN. The molecule has 0 unspecified atom stereocenters. The fourth-order valence-electron chi connectivity index (χ4n) is 1.55. The van der Waals surface area contributed by atoms with Crippen LogP contribution in [0.1, 0.15) is 23.1 Å². The van der Waals surface area contributed by atoms with E-state index in [1.165, 1.54) is 16.7 Å². The van der Waals surface area contributed by atoms with Gasteiger partial charge in [0.05, 0.1) is 0 Å². The molecule has 14 heavy (non-hydrogen) atoms. The third kappa shape index (κ3) is 2.50. The van der Waals surface area contributed by atoms with Gasteiger partial charge in [-0.2, -0.15) is 0 Å². The van der Waals surface area contributed by atoms with Crippen LogP contribution in [0.2, 0.25) is 5.02 Å². The Bertz CT molecular complexity index is 310. The van der Waals surface area contributed by atoms with E-state index in [2.05, 4.69) is 29.8 Å². The number of rotatable bonds is 3. The maximum Gasteiger partial charge on any atom is 0.0449 e. The highest BCUT2D eigenvalue weighted by Gasteiger charge is 2.09. The average molecular weight is 277 g/mol. The molecule has 0 fully saturated rings. The lowest BCUT2D eigenvalue weighted by atomic mass is 9.98. The van der Waals surface area contributed by atoms with Gasteiger partial charge in [-0.1, -0.05) is 27.5 Å². The highest BCUT2D eigenvalue weighted by Crippen LogP contribution is 2.30. The molecule has 0 aromatic heterocycles. The molecule has 0 aliphatic heterocycles. The van der Waals surface area contributed by atoms with E-state index in [9.17, 15) is 0 Å². The zero-order valence-electron chi connectivity index (χ0n) is 8.53. The van der Waals surface area contributed by atoms with E-state index in [-0.39, 0.29) is 0 Å². The minimum Gasteiger partial charge on any atom is -0.330 e. The summed E-state index contributed by atoms with van der Waals surface area (Å²) >= 11 is 9.62. The van der Waals surface area contributed by atoms with Gasteiger partial charge < -0.3 is 5.73 Å². The first-order valence-corrected chi connectivity index (χ1v) is 5.89. The minimum absolute atomic E-state index is 0.725. The molecule has 2 N–H and O–H groups in total. The summed E-state index contributed by atoms with van der Waals surface area (Å²) in [6.45, 7) is 4.90. The van der Waals surface area contributed by atoms with Crippen LogP contribution < -0.4 is 5.73 Å². The molecule has 3 heteroatoms. The van der Waals surface area contributed by atoms with Crippen molar-refractivity contribution in [1.82, 2.24) is 0 Å². The molecular formula is C11H15BrClN. The van der Waals surface area contributed by atoms with Gasteiger partial charge in [0.2, 0.25) is 0 Å². The first-order valence-electron chi connectivity index (χ1n) is 4.72. The first-order chi connectivity index (χ1) is 6.57. The summed E-state index contributed by atoms with van der Waals surface area (Å²) in [6.07, 6.45) is 2.02. The summed E-state index contributed by atoms with van der Waals surface area (Å²) in [5, 5.41) is 0.828. The number of nitrogens with two attached hydrogens (primary N) is 1. The van der Waals surface area contributed by atoms with Crippen molar-refractivity contribution in [1.29, 1.82) is 0 Å². The quantitative estimate of drug-likeness (QED) is 0.897. The van der Waals surface area contributed by atoms with Crippen LogP contribution in [0.25, 0.3) is 0 Å². The Hall–Kier alpha value is -0.0500. The molecule has 0 heterocycles. The summed E-state index contributed by atoms with van der Waals surface area (Å²) in [5.74, 6) is 0. The van der Waals surface area contributed by atoms with E-state index in [0.717, 1.165) is 28.9 Å². The van der Waals surface area contributed by atoms with Crippen LogP contribution in [0, 0.1) is 13.8 Å². The fraction of sp³-hybridized carbons (Fsp3) is 0.455. The highest BCUT2D eigenvalue weighted by atomic mass is 79.9. The molecule has 0 aliphatic carbocycles. The molecule has 1 rings (SSSR count). The maximum absolute atomic E-state index is 6.11. The number of halogens is 2. The van der Waals surface area contributed by atoms with Crippen LogP contribution in [0.4, 0.5) is 0 Å². The zero-order valence-corrected chi connectivity index (χ0v) is 10.9. The Labute approximate surface area is 98.8 Å². The second-order valence-corrected chi connectivity index (χ2v) is 4.72. The summed E-state index contributed by atoms with van der Waals surface area (Å²) < 4.78 is 1.08. The van der Waals surface area contributed by atoms with Crippen LogP contribution in [0.15, 0.2) is 10.5 Å². The van der Waals surface area contributed by atoms with Gasteiger partial charge in [0, 0.05) is 9.50 Å². The second kappa shape index (κ2) is 5.15. The average Bonchev–Trinajstić information content (AvgIpc) is 2.15. The van der Waals surface area contributed by atoms with Crippen molar-refractivity contribution in [2.45, 2.75) is 26.7 Å². The zero-order chi connectivity index (χ0) is 10.7. The van der Waals surface area contributed by atoms with Gasteiger partial charge in [-0.15, -0.1) is 0 Å². The highest BCUT2D eigenvalue weighted by molar-refractivity contribution is 9.10. The predicted octanol–water partition coefficient (Wildman–Crippen LogP) is 3.61. The molecule has 1 nitrogen and oxygen atoms in total. The summed E-state index contributed by atoms with van der Waals surface area (Å²) in [7, 11) is 0. The van der Waals surface area contributed by atoms with E-state index in [0.29, 0.717) is 0 Å². The van der Waals surface area contributed by atoms with Gasteiger partial charge in [-0.3, -0.25) is 0 Å². The molecule has 1 aromatic rings. The number of hydrogen-bond donors (Lipinski definition) is 1. The Morgan fingerprint density at radius 2 is 2.00 bits per heavy atom. The van der Waals surface area contributed by atoms with E-state index in [1.54, 1.807) is 0 Å². The molecule has 0 atom stereocenters. The largest absolute Gasteiger partial charge is 0.330 e. The number of hydrogen-bond acceptors (Lipinski definition) is 1. The van der Waals surface area contributed by atoms with Crippen molar-refractivity contribution >= 4 is 27.5 Å². The topological polar surface area (TPSA) is 26.0 Å². The van der Waals surface area contributed by atoms with Crippen molar-refractivity contribution in [2.24, 2.45) is 5.73 Å². The van der Waals surface area contributed by atoms with E-state index < -0.39 is 0 Å². The monoisotopic (exact) mass is 275 g/mol. The van der Waals surface area contributed by atoms with Crippen molar-refractivity contribution in [3.8, 4) is 0 Å². The van der Waals surface area contributed by atoms with Crippen molar-refractivity contribution in [2.75, 3.05) is 6.54 Å². The smallest absolute Gasteiger partial charge is 0.0449 e. The fourth-order valence-corrected chi connectivity index (χ4v) is 2.37. The number of benzene rings is 1. The minimum atomic E-state index is 0.725. The molecule has 0 radical (unpaired) electrons. The Morgan fingerprint density at radius 3 is 2.57 bits per heavy atom. The van der Waals surface area contributed by atoms with E-state index >= 15 is 0 Å². The van der Waals surface area contributed by atoms with Gasteiger partial charge >= 0.3 is 0 Å². The Balaban J connectivity index is 3.11. The van der Waals surface area contributed by atoms with E-state index in [1.807, 2.05) is 6.07 Å². The molecule has 1 aromatic carbocycles. The maximum atomic E-state index is 6.11. The molecule has 0 saturated carbocycles. The summed E-state index contributed by atoms with van der Waals surface area (Å²) in [6, 6.07) is 1.96. The third-order valence-corrected chi connectivity index (χ3v) is 3.72. The third-order valence-electron chi connectivity index (χ3n) is 2.51. The molecule has 0 amide bonds. The van der Waals surface area contributed by atoms with Crippen molar-refractivity contribution in [3.05, 3.63) is 32.3 Å². The van der Waals surface area contributed by atoms with Gasteiger partial charge in [-0.05, 0) is 56.0 Å². The van der Waals surface area contributed by atoms with E-state index in [4.69, 9.17) is 17.3 Å². The van der Waals surface area contributed by atoms with Crippen LogP contribution in [-0.4, -0.2) is 6.54 Å². The molecule has 0 aliphatic rings. The van der Waals surface area contributed by atoms with Gasteiger partial charge in [0.25, 0.3) is 0 Å². The second-order valence-electron chi connectivity index (χ2n) is 3.46. The van der Waals surface area contributed by atoms with Gasteiger partial charge in [-0.25, -0.2) is 0 Å². The van der Waals surface area contributed by atoms with Crippen LogP contribution >= 0.6 is 27.5 Å². The van der Waals surface area contributed by atoms with Crippen molar-refractivity contribution < 1.29 is 0 Å². The lowest BCUT2D eigenvalue weighted by Gasteiger charge is -2.12. The molecule has 78 valence electrons. The first kappa shape index (κ1) is 12.0. The molecular weight excluding hydrogens is 261 g/mol. The molecule has 0 spiro atoms. The lowest BCUT2D eigenvalue weighted by molar-refractivity contribution is 0.822. The molecule has 0 bridgehead atoms. The van der Waals surface area contributed by atoms with Crippen LogP contribution in [-0.2, 0) is 6.42 Å². The molecule has 0 saturated heterocycles. The van der Waals surface area contributed by atoms with Crippen LogP contribution in [0.3, 0.4) is 0 Å². The summed E-state index contributed by atoms with van der Waals surface area (Å²) in [5.41, 5.74) is 9.30. The van der Waals surface area contributed by atoms with Crippen molar-refractivity contribution in [3.63, 3.8) is 0 Å². The lowest BCUT2D eigenvalue weighted by Crippen LogP contribution is -2.03. The Morgan fingerprint density at radius 1 is 1.36 bits per heavy atom.